The summed E-state index contributed by atoms with van der Waals surface area (Å²) in [7, 11) is -4.08. The van der Waals surface area contributed by atoms with E-state index in [0.717, 1.165) is 44.1 Å². The van der Waals surface area contributed by atoms with Crippen LogP contribution in [0.5, 0.6) is 0 Å². The zero-order valence-electron chi connectivity index (χ0n) is 17.3. The molecule has 1 fully saturated rings. The molecule has 0 atom stereocenters. The Morgan fingerprint density at radius 3 is 2.28 bits per heavy atom. The fraction of sp³-hybridized carbons (Fsp3) is 0.227. The molecule has 0 aliphatic carbocycles. The summed E-state index contributed by atoms with van der Waals surface area (Å²) in [5, 5.41) is 11.2. The molecule has 2 aromatic carbocycles. The van der Waals surface area contributed by atoms with Gasteiger partial charge >= 0.3 is 0 Å². The summed E-state index contributed by atoms with van der Waals surface area (Å²) in [5.74, 6) is 0.988. The molecule has 0 unspecified atom stereocenters. The summed E-state index contributed by atoms with van der Waals surface area (Å²) >= 11 is 0. The first-order valence-electron chi connectivity index (χ1n) is 10.2. The van der Waals surface area contributed by atoms with E-state index in [9.17, 15) is 18.5 Å². The Bertz CT molecular complexity index is 1180. The number of nitro groups is 1. The van der Waals surface area contributed by atoms with Crippen molar-refractivity contribution < 1.29 is 13.3 Å². The molecule has 10 heteroatoms. The molecule has 0 amide bonds. The first-order chi connectivity index (χ1) is 15.4. The third-order valence-corrected chi connectivity index (χ3v) is 6.74. The SMILES string of the molecule is O=[N+]([O-])c1ccccc1S(=O)(=O)Nc1ccc(CN2CCN(c3ccccn3)CC2)cc1. The van der Waals surface area contributed by atoms with Crippen LogP contribution < -0.4 is 9.62 Å². The lowest BCUT2D eigenvalue weighted by atomic mass is 10.2. The van der Waals surface area contributed by atoms with Crippen molar-refractivity contribution in [1.82, 2.24) is 9.88 Å². The van der Waals surface area contributed by atoms with Crippen LogP contribution in [0.15, 0.2) is 77.8 Å². The number of aromatic nitrogens is 1. The number of hydrogen-bond acceptors (Lipinski definition) is 7. The van der Waals surface area contributed by atoms with Gasteiger partial charge in [0, 0.05) is 50.7 Å². The van der Waals surface area contributed by atoms with Crippen molar-refractivity contribution in [2.24, 2.45) is 0 Å². The minimum absolute atomic E-state index is 0.354. The van der Waals surface area contributed by atoms with E-state index in [4.69, 9.17) is 0 Å². The first kappa shape index (κ1) is 21.7. The molecule has 1 aliphatic rings. The van der Waals surface area contributed by atoms with Crippen LogP contribution in [0, 0.1) is 10.1 Å². The topological polar surface area (TPSA) is 109 Å². The van der Waals surface area contributed by atoms with Gasteiger partial charge in [0.15, 0.2) is 4.90 Å². The number of hydrogen-bond donors (Lipinski definition) is 1. The Morgan fingerprint density at radius 2 is 1.62 bits per heavy atom. The predicted molar refractivity (Wildman–Crippen MR) is 122 cm³/mol. The number of nitro benzene ring substituents is 1. The minimum atomic E-state index is -4.08. The zero-order valence-corrected chi connectivity index (χ0v) is 18.1. The number of nitrogens with zero attached hydrogens (tertiary/aromatic N) is 4. The molecule has 166 valence electrons. The van der Waals surface area contributed by atoms with Crippen molar-refractivity contribution in [2.45, 2.75) is 11.4 Å². The van der Waals surface area contributed by atoms with Crippen molar-refractivity contribution in [2.75, 3.05) is 35.8 Å². The van der Waals surface area contributed by atoms with E-state index in [1.54, 1.807) is 18.3 Å². The van der Waals surface area contributed by atoms with Gasteiger partial charge in [-0.05, 0) is 35.9 Å². The van der Waals surface area contributed by atoms with E-state index in [2.05, 4.69) is 19.5 Å². The van der Waals surface area contributed by atoms with Gasteiger partial charge < -0.3 is 4.90 Å². The number of para-hydroxylation sites is 1. The van der Waals surface area contributed by atoms with E-state index in [-0.39, 0.29) is 4.90 Å². The Morgan fingerprint density at radius 1 is 0.938 bits per heavy atom. The monoisotopic (exact) mass is 453 g/mol. The van der Waals surface area contributed by atoms with Gasteiger partial charge in [-0.25, -0.2) is 13.4 Å². The molecule has 0 spiro atoms. The van der Waals surface area contributed by atoms with Gasteiger partial charge in [0.1, 0.15) is 5.82 Å². The smallest absolute Gasteiger partial charge is 0.289 e. The first-order valence-corrected chi connectivity index (χ1v) is 11.6. The van der Waals surface area contributed by atoms with Crippen molar-refractivity contribution >= 4 is 27.2 Å². The highest BCUT2D eigenvalue weighted by Gasteiger charge is 2.25. The molecule has 1 saturated heterocycles. The van der Waals surface area contributed by atoms with E-state index in [0.29, 0.717) is 5.69 Å². The van der Waals surface area contributed by atoms with Gasteiger partial charge in [0.2, 0.25) is 0 Å². The second kappa shape index (κ2) is 9.33. The molecule has 0 bridgehead atoms. The fourth-order valence-electron chi connectivity index (χ4n) is 3.66. The van der Waals surface area contributed by atoms with E-state index in [1.807, 2.05) is 30.3 Å². The number of rotatable bonds is 7. The predicted octanol–water partition coefficient (Wildman–Crippen LogP) is 3.11. The van der Waals surface area contributed by atoms with Gasteiger partial charge in [0.25, 0.3) is 15.7 Å². The van der Waals surface area contributed by atoms with E-state index < -0.39 is 20.6 Å². The highest BCUT2D eigenvalue weighted by molar-refractivity contribution is 7.92. The van der Waals surface area contributed by atoms with Crippen molar-refractivity contribution in [1.29, 1.82) is 0 Å². The molecular weight excluding hydrogens is 430 g/mol. The molecular formula is C22H23N5O4S. The summed E-state index contributed by atoms with van der Waals surface area (Å²) in [5.41, 5.74) is 0.957. The summed E-state index contributed by atoms with van der Waals surface area (Å²) in [4.78, 5) is 19.1. The molecule has 0 radical (unpaired) electrons. The third-order valence-electron chi connectivity index (χ3n) is 5.31. The van der Waals surface area contributed by atoms with Crippen molar-refractivity contribution in [3.05, 3.63) is 88.6 Å². The molecule has 32 heavy (non-hydrogen) atoms. The standard InChI is InChI=1S/C22H23N5O4S/c28-27(29)20-5-1-2-6-21(20)32(30,31)24-19-10-8-18(9-11-19)17-25-13-15-26(16-14-25)22-7-3-4-12-23-22/h1-12,24H,13-17H2. The fourth-order valence-corrected chi connectivity index (χ4v) is 4.89. The van der Waals surface area contributed by atoms with Gasteiger partial charge in [0.05, 0.1) is 4.92 Å². The normalized spacial score (nSPS) is 14.8. The van der Waals surface area contributed by atoms with Gasteiger partial charge in [-0.2, -0.15) is 0 Å². The van der Waals surface area contributed by atoms with E-state index in [1.165, 1.54) is 24.3 Å². The van der Waals surface area contributed by atoms with Crippen LogP contribution >= 0.6 is 0 Å². The van der Waals surface area contributed by atoms with Crippen molar-refractivity contribution in [3.8, 4) is 0 Å². The van der Waals surface area contributed by atoms with Crippen LogP contribution in [0.1, 0.15) is 5.56 Å². The van der Waals surface area contributed by atoms with Crippen LogP contribution in [0.4, 0.5) is 17.2 Å². The maximum Gasteiger partial charge on any atom is 0.289 e. The van der Waals surface area contributed by atoms with Crippen LogP contribution in [0.2, 0.25) is 0 Å². The maximum absolute atomic E-state index is 12.6. The average molecular weight is 454 g/mol. The second-order valence-corrected chi connectivity index (χ2v) is 9.13. The zero-order chi connectivity index (χ0) is 22.6. The van der Waals surface area contributed by atoms with Crippen molar-refractivity contribution in [3.63, 3.8) is 0 Å². The molecule has 9 nitrogen and oxygen atoms in total. The van der Waals surface area contributed by atoms with Gasteiger partial charge in [-0.1, -0.05) is 30.3 Å². The largest absolute Gasteiger partial charge is 0.354 e. The Kier molecular flexibility index (Phi) is 6.33. The molecule has 2 heterocycles. The summed E-state index contributed by atoms with van der Waals surface area (Å²) in [6.45, 7) is 4.36. The quantitative estimate of drug-likeness (QED) is 0.432. The summed E-state index contributed by atoms with van der Waals surface area (Å²) in [6, 6.07) is 18.3. The summed E-state index contributed by atoms with van der Waals surface area (Å²) < 4.78 is 27.7. The number of piperazine rings is 1. The maximum atomic E-state index is 12.6. The second-order valence-electron chi connectivity index (χ2n) is 7.48. The number of pyridine rings is 1. The third kappa shape index (κ3) is 5.04. The Balaban J connectivity index is 1.36. The Labute approximate surface area is 186 Å². The Hall–Kier alpha value is -3.50. The highest BCUT2D eigenvalue weighted by atomic mass is 32.2. The minimum Gasteiger partial charge on any atom is -0.354 e. The highest BCUT2D eigenvalue weighted by Crippen LogP contribution is 2.25. The van der Waals surface area contributed by atoms with Gasteiger partial charge in [-0.15, -0.1) is 0 Å². The lowest BCUT2D eigenvalue weighted by Crippen LogP contribution is -2.46. The molecule has 1 N–H and O–H groups in total. The molecule has 3 aromatic rings. The van der Waals surface area contributed by atoms with E-state index >= 15 is 0 Å². The lowest BCUT2D eigenvalue weighted by molar-refractivity contribution is -0.387. The van der Waals surface area contributed by atoms with Crippen LogP contribution in [-0.2, 0) is 16.6 Å². The lowest BCUT2D eigenvalue weighted by Gasteiger charge is -2.35. The number of sulfonamides is 1. The number of nitrogens with one attached hydrogen (secondary N) is 1. The van der Waals surface area contributed by atoms with Crippen LogP contribution in [0.25, 0.3) is 0 Å². The molecule has 1 aromatic heterocycles. The number of anilines is 2. The molecule has 1 aliphatic heterocycles. The average Bonchev–Trinajstić information content (AvgIpc) is 2.81. The number of benzene rings is 2. The molecule has 4 rings (SSSR count). The van der Waals surface area contributed by atoms with Gasteiger partial charge in [-0.3, -0.25) is 19.7 Å². The summed E-state index contributed by atoms with van der Waals surface area (Å²) in [6.07, 6.45) is 1.80. The molecule has 0 saturated carbocycles. The van der Waals surface area contributed by atoms with Crippen LogP contribution in [-0.4, -0.2) is 49.4 Å². The van der Waals surface area contributed by atoms with Crippen LogP contribution in [0.3, 0.4) is 0 Å².